The minimum atomic E-state index is -3.96. The highest BCUT2D eigenvalue weighted by Gasteiger charge is 2.33. The summed E-state index contributed by atoms with van der Waals surface area (Å²) >= 11 is 0. The van der Waals surface area contributed by atoms with E-state index in [0.29, 0.717) is 5.57 Å². The molecule has 0 fully saturated rings. The molecule has 0 aromatic heterocycles. The molecule has 156 valence electrons. The molecule has 0 heterocycles. The van der Waals surface area contributed by atoms with E-state index in [9.17, 15) is 13.0 Å². The molecule has 2 rings (SSSR count). The van der Waals surface area contributed by atoms with E-state index < -0.39 is 17.6 Å². The maximum absolute atomic E-state index is 13.1. The van der Waals surface area contributed by atoms with Crippen molar-refractivity contribution in [1.82, 2.24) is 4.83 Å². The van der Waals surface area contributed by atoms with Crippen molar-refractivity contribution in [1.29, 1.82) is 0 Å². The molecule has 29 heavy (non-hydrogen) atoms. The zero-order chi connectivity index (χ0) is 21.7. The Morgan fingerprint density at radius 3 is 2.03 bits per heavy atom. The zero-order valence-corrected chi connectivity index (χ0v) is 18.8. The van der Waals surface area contributed by atoms with Gasteiger partial charge in [-0.1, -0.05) is 48.0 Å². The van der Waals surface area contributed by atoms with Crippen molar-refractivity contribution in [2.75, 3.05) is 14.2 Å². The maximum Gasteiger partial charge on any atom is 0.381 e. The van der Waals surface area contributed by atoms with Gasteiger partial charge in [0.1, 0.15) is 0 Å². The van der Waals surface area contributed by atoms with Gasteiger partial charge in [-0.05, 0) is 49.6 Å². The van der Waals surface area contributed by atoms with E-state index in [1.54, 1.807) is 19.1 Å². The third kappa shape index (κ3) is 5.42. The molecule has 0 bridgehead atoms. The van der Waals surface area contributed by atoms with Gasteiger partial charge in [0.2, 0.25) is 0 Å². The fraction of sp³-hybridized carbons (Fsp3) is 0.250. The number of hydrazone groups is 1. The number of nitrogens with one attached hydrogen (secondary N) is 1. The molecule has 0 saturated heterocycles. The van der Waals surface area contributed by atoms with E-state index in [2.05, 4.69) is 9.93 Å². The Labute approximate surface area is 172 Å². The second-order valence-corrected chi connectivity index (χ2v) is 10.1. The molecule has 0 unspecified atom stereocenters. The molecule has 7 nitrogen and oxygen atoms in total. The molecule has 9 heteroatoms. The van der Waals surface area contributed by atoms with Gasteiger partial charge in [0.15, 0.2) is 5.45 Å². The lowest BCUT2D eigenvalue weighted by molar-refractivity contribution is 0.290. The summed E-state index contributed by atoms with van der Waals surface area (Å²) in [6, 6.07) is 15.7. The van der Waals surface area contributed by atoms with Crippen molar-refractivity contribution in [3.63, 3.8) is 0 Å². The largest absolute Gasteiger partial charge is 0.381 e. The minimum absolute atomic E-state index is 0.0391. The zero-order valence-electron chi connectivity index (χ0n) is 17.0. The lowest BCUT2D eigenvalue weighted by Crippen LogP contribution is -2.21. The Hall–Kier alpha value is -2.25. The first-order valence-electron chi connectivity index (χ1n) is 8.76. The first kappa shape index (κ1) is 23.0. The van der Waals surface area contributed by atoms with E-state index in [-0.39, 0.29) is 10.3 Å². The Morgan fingerprint density at radius 1 is 0.966 bits per heavy atom. The quantitative estimate of drug-likeness (QED) is 0.372. The van der Waals surface area contributed by atoms with Crippen molar-refractivity contribution < 1.29 is 22.0 Å². The monoisotopic (exact) mass is 436 g/mol. The lowest BCUT2D eigenvalue weighted by atomic mass is 10.0. The Bertz CT molecular complexity index is 1050. The van der Waals surface area contributed by atoms with Crippen molar-refractivity contribution >= 4 is 28.6 Å². The van der Waals surface area contributed by atoms with Crippen molar-refractivity contribution in [2.45, 2.75) is 25.7 Å². The van der Waals surface area contributed by atoms with Gasteiger partial charge in [0.05, 0.1) is 4.90 Å². The van der Waals surface area contributed by atoms with Crippen LogP contribution in [0.4, 0.5) is 0 Å². The van der Waals surface area contributed by atoms with Gasteiger partial charge < -0.3 is 9.05 Å². The van der Waals surface area contributed by atoms with Crippen molar-refractivity contribution in [3.8, 4) is 0 Å². The van der Waals surface area contributed by atoms with Gasteiger partial charge in [0.25, 0.3) is 10.0 Å². The van der Waals surface area contributed by atoms with Crippen LogP contribution in [0.5, 0.6) is 0 Å². The van der Waals surface area contributed by atoms with Gasteiger partial charge in [-0.15, -0.1) is 0 Å². The topological polar surface area (TPSA) is 94.1 Å². The van der Waals surface area contributed by atoms with Crippen LogP contribution >= 0.6 is 7.60 Å². The van der Waals surface area contributed by atoms with E-state index >= 15 is 0 Å². The number of aryl methyl sites for hydroxylation is 1. The van der Waals surface area contributed by atoms with Crippen LogP contribution in [0.25, 0.3) is 5.57 Å². The molecule has 0 aliphatic rings. The summed E-state index contributed by atoms with van der Waals surface area (Å²) in [6.07, 6.45) is 0. The molecule has 0 radical (unpaired) electrons. The molecular formula is C20H25N2O5PS. The smallest absolute Gasteiger partial charge is 0.307 e. The third-order valence-corrected chi connectivity index (χ3v) is 7.59. The highest BCUT2D eigenvalue weighted by molar-refractivity contribution is 7.89. The predicted octanol–water partition coefficient (Wildman–Crippen LogP) is 4.57. The molecule has 0 aliphatic carbocycles. The Kier molecular flexibility index (Phi) is 7.54. The van der Waals surface area contributed by atoms with Crippen LogP contribution in [-0.2, 0) is 23.6 Å². The van der Waals surface area contributed by atoms with Crippen molar-refractivity contribution in [3.05, 3.63) is 71.3 Å². The highest BCUT2D eigenvalue weighted by Crippen LogP contribution is 2.51. The van der Waals surface area contributed by atoms with Crippen LogP contribution in [0.3, 0.4) is 0 Å². The minimum Gasteiger partial charge on any atom is -0.307 e. The summed E-state index contributed by atoms with van der Waals surface area (Å²) in [6.45, 7) is 5.37. The van der Waals surface area contributed by atoms with Crippen molar-refractivity contribution in [2.24, 2.45) is 5.10 Å². The molecule has 0 amide bonds. The summed E-state index contributed by atoms with van der Waals surface area (Å²) in [5.41, 5.74) is 2.93. The van der Waals surface area contributed by atoms with Gasteiger partial charge in [-0.2, -0.15) is 18.4 Å². The fourth-order valence-electron chi connectivity index (χ4n) is 2.54. The van der Waals surface area contributed by atoms with Gasteiger partial charge in [0, 0.05) is 14.2 Å². The summed E-state index contributed by atoms with van der Waals surface area (Å²) < 4.78 is 48.5. The summed E-state index contributed by atoms with van der Waals surface area (Å²) in [4.78, 5) is 2.19. The van der Waals surface area contributed by atoms with E-state index in [4.69, 9.17) is 9.05 Å². The number of allylic oxidation sites excluding steroid dienone is 2. The van der Waals surface area contributed by atoms with Crippen LogP contribution < -0.4 is 4.83 Å². The number of hydrogen-bond donors (Lipinski definition) is 1. The maximum atomic E-state index is 13.1. The number of sulfonamides is 1. The summed E-state index contributed by atoms with van der Waals surface area (Å²) in [5, 5.41) is 3.96. The molecule has 2 aromatic carbocycles. The summed E-state index contributed by atoms with van der Waals surface area (Å²) in [5.74, 6) is 0. The SMILES string of the molecule is COP(=O)(OC)C(=N\NS(=O)(=O)c1ccc(C)cc1)/C(C)=C(\C)c1ccccc1. The number of benzene rings is 2. The van der Waals surface area contributed by atoms with E-state index in [1.807, 2.05) is 44.2 Å². The number of nitrogens with zero attached hydrogens (tertiary/aromatic N) is 1. The first-order chi connectivity index (χ1) is 13.6. The number of hydrogen-bond acceptors (Lipinski definition) is 6. The number of rotatable bonds is 8. The van der Waals surface area contributed by atoms with Crippen LogP contribution in [0, 0.1) is 6.92 Å². The standard InChI is InChI=1S/C20H25N2O5PS/c1-15-11-13-19(14-12-15)29(24,25)22-21-20(28(23,26-4)27-5)17(3)16(2)18-9-7-6-8-10-18/h6-14,22H,1-5H3/b17-16+,21-20-. The molecular weight excluding hydrogens is 411 g/mol. The Balaban J connectivity index is 2.54. The van der Waals surface area contributed by atoms with Crippen LogP contribution in [-0.4, -0.2) is 28.1 Å². The van der Waals surface area contributed by atoms with Gasteiger partial charge in [-0.25, -0.2) is 0 Å². The molecule has 2 aromatic rings. The third-order valence-electron chi connectivity index (χ3n) is 4.45. The van der Waals surface area contributed by atoms with Gasteiger partial charge >= 0.3 is 7.60 Å². The average molecular weight is 436 g/mol. The second-order valence-electron chi connectivity index (χ2n) is 6.32. The molecule has 0 spiro atoms. The highest BCUT2D eigenvalue weighted by atomic mass is 32.2. The normalized spacial score (nSPS) is 13.8. The molecule has 0 atom stereocenters. The van der Waals surface area contributed by atoms with Crippen LogP contribution in [0.15, 0.2) is 70.2 Å². The first-order valence-corrected chi connectivity index (χ1v) is 11.8. The van der Waals surface area contributed by atoms with E-state index in [0.717, 1.165) is 16.7 Å². The summed E-state index contributed by atoms with van der Waals surface area (Å²) in [7, 11) is -5.36. The Morgan fingerprint density at radius 2 is 1.52 bits per heavy atom. The lowest BCUT2D eigenvalue weighted by Gasteiger charge is -2.18. The fourth-order valence-corrected chi connectivity index (χ4v) is 4.67. The second kappa shape index (κ2) is 9.50. The van der Waals surface area contributed by atoms with Crippen LogP contribution in [0.1, 0.15) is 25.0 Å². The van der Waals surface area contributed by atoms with Crippen LogP contribution in [0.2, 0.25) is 0 Å². The molecule has 0 aliphatic heterocycles. The predicted molar refractivity (Wildman–Crippen MR) is 115 cm³/mol. The average Bonchev–Trinajstić information content (AvgIpc) is 2.73. The van der Waals surface area contributed by atoms with E-state index in [1.165, 1.54) is 26.4 Å². The molecule has 1 N–H and O–H groups in total. The van der Waals surface area contributed by atoms with Gasteiger partial charge in [-0.3, -0.25) is 4.57 Å². The molecule has 0 saturated carbocycles.